The van der Waals surface area contributed by atoms with Crippen LogP contribution in [0.25, 0.3) is 10.9 Å². The minimum atomic E-state index is -1.09. The van der Waals surface area contributed by atoms with E-state index >= 15 is 0 Å². The fourth-order valence-corrected chi connectivity index (χ4v) is 3.56. The average Bonchev–Trinajstić information content (AvgIpc) is 3.13. The summed E-state index contributed by atoms with van der Waals surface area (Å²) in [4.78, 5) is 32.5. The van der Waals surface area contributed by atoms with Crippen molar-refractivity contribution in [3.05, 3.63) is 95.6 Å². The summed E-state index contributed by atoms with van der Waals surface area (Å²) in [6.45, 7) is -0.398. The van der Waals surface area contributed by atoms with Crippen molar-refractivity contribution >= 4 is 34.2 Å². The summed E-state index contributed by atoms with van der Waals surface area (Å²) < 4.78 is 0. The number of aromatic amines is 1. The molecule has 3 aromatic carbocycles. The van der Waals surface area contributed by atoms with Crippen molar-refractivity contribution < 1.29 is 19.8 Å². The number of amides is 1. The third-order valence-electron chi connectivity index (χ3n) is 5.02. The molecule has 3 N–H and O–H groups in total. The van der Waals surface area contributed by atoms with Crippen LogP contribution in [0, 0.1) is 0 Å². The summed E-state index contributed by atoms with van der Waals surface area (Å²) in [7, 11) is 1.44. The zero-order chi connectivity index (χ0) is 22.7. The van der Waals surface area contributed by atoms with E-state index in [9.17, 15) is 14.7 Å². The number of para-hydroxylation sites is 1. The molecule has 7 nitrogen and oxygen atoms in total. The quantitative estimate of drug-likeness (QED) is 0.401. The number of hydrogen-bond donors (Lipinski definition) is 3. The van der Waals surface area contributed by atoms with Crippen LogP contribution in [-0.4, -0.2) is 51.3 Å². The topological polar surface area (TPSA) is 106 Å². The predicted molar refractivity (Wildman–Crippen MR) is 123 cm³/mol. The first kappa shape index (κ1) is 20.9. The van der Waals surface area contributed by atoms with E-state index in [0.29, 0.717) is 22.5 Å². The maximum Gasteiger partial charge on any atom is 0.323 e. The number of carbonyl (C=O) groups is 2. The highest BCUT2D eigenvalue weighted by molar-refractivity contribution is 6.21. The van der Waals surface area contributed by atoms with Gasteiger partial charge >= 0.3 is 5.97 Å². The lowest BCUT2D eigenvalue weighted by Gasteiger charge is -2.14. The molecule has 0 atom stereocenters. The number of carbonyl (C=O) groups excluding carboxylic acids is 1. The Bertz CT molecular complexity index is 1330. The Morgan fingerprint density at radius 1 is 0.938 bits per heavy atom. The SMILES string of the molecule is CN(CC(=O)O)C(=O)c1cccc(N=C(c2ccccc2)c2c(O)[nH]c3ccccc23)c1. The van der Waals surface area contributed by atoms with E-state index in [4.69, 9.17) is 10.1 Å². The normalized spacial score (nSPS) is 11.5. The Balaban J connectivity index is 1.83. The molecule has 0 spiro atoms. The predicted octanol–water partition coefficient (Wildman–Crippen LogP) is 4.20. The van der Waals surface area contributed by atoms with Gasteiger partial charge in [-0.1, -0.05) is 54.6 Å². The summed E-state index contributed by atoms with van der Waals surface area (Å²) in [6, 6.07) is 23.7. The van der Waals surface area contributed by atoms with Crippen LogP contribution in [0.15, 0.2) is 83.9 Å². The molecule has 0 fully saturated rings. The van der Waals surface area contributed by atoms with Gasteiger partial charge in [-0.25, -0.2) is 4.99 Å². The summed E-state index contributed by atoms with van der Waals surface area (Å²) >= 11 is 0. The van der Waals surface area contributed by atoms with Crippen LogP contribution in [0.5, 0.6) is 5.88 Å². The molecule has 32 heavy (non-hydrogen) atoms. The van der Waals surface area contributed by atoms with Crippen LogP contribution >= 0.6 is 0 Å². The lowest BCUT2D eigenvalue weighted by Crippen LogP contribution is -2.31. The average molecular weight is 427 g/mol. The lowest BCUT2D eigenvalue weighted by atomic mass is 10.0. The number of H-pyrrole nitrogens is 1. The Morgan fingerprint density at radius 2 is 1.62 bits per heavy atom. The molecule has 0 aliphatic carbocycles. The third-order valence-corrected chi connectivity index (χ3v) is 5.02. The van der Waals surface area contributed by atoms with Gasteiger partial charge in [0.15, 0.2) is 5.88 Å². The van der Waals surface area contributed by atoms with E-state index in [1.54, 1.807) is 24.3 Å². The fraction of sp³-hybridized carbons (Fsp3) is 0.0800. The zero-order valence-electron chi connectivity index (χ0n) is 17.3. The monoisotopic (exact) mass is 427 g/mol. The number of nitrogens with zero attached hydrogens (tertiary/aromatic N) is 2. The van der Waals surface area contributed by atoms with Gasteiger partial charge in [-0.15, -0.1) is 0 Å². The number of benzene rings is 3. The molecule has 160 valence electrons. The van der Waals surface area contributed by atoms with E-state index in [2.05, 4.69) is 4.98 Å². The number of carboxylic acid groups (broad SMARTS) is 1. The first-order valence-corrected chi connectivity index (χ1v) is 9.95. The number of hydrogen-bond acceptors (Lipinski definition) is 4. The van der Waals surface area contributed by atoms with E-state index in [1.165, 1.54) is 7.05 Å². The molecule has 1 aromatic heterocycles. The molecule has 0 saturated heterocycles. The summed E-state index contributed by atoms with van der Waals surface area (Å²) in [5, 5.41) is 20.5. The maximum atomic E-state index is 12.6. The van der Waals surface area contributed by atoms with E-state index in [1.807, 2.05) is 54.6 Å². The second-order valence-electron chi connectivity index (χ2n) is 7.33. The van der Waals surface area contributed by atoms with Crippen molar-refractivity contribution in [2.45, 2.75) is 0 Å². The van der Waals surface area contributed by atoms with Crippen LogP contribution in [0.4, 0.5) is 5.69 Å². The van der Waals surface area contributed by atoms with Crippen LogP contribution in [0.2, 0.25) is 0 Å². The van der Waals surface area contributed by atoms with E-state index in [-0.39, 0.29) is 5.88 Å². The van der Waals surface area contributed by atoms with Crippen molar-refractivity contribution in [3.8, 4) is 5.88 Å². The number of likely N-dealkylation sites (N-methyl/N-ethyl adjacent to an activating group) is 1. The first-order valence-electron chi connectivity index (χ1n) is 9.95. The van der Waals surface area contributed by atoms with Gasteiger partial charge in [-0.2, -0.15) is 0 Å². The summed E-state index contributed by atoms with van der Waals surface area (Å²) in [5.41, 5.74) is 3.51. The van der Waals surface area contributed by atoms with Gasteiger partial charge < -0.3 is 20.1 Å². The highest BCUT2D eigenvalue weighted by Crippen LogP contribution is 2.31. The smallest absolute Gasteiger partial charge is 0.323 e. The van der Waals surface area contributed by atoms with Crippen LogP contribution in [0.1, 0.15) is 21.5 Å². The molecule has 4 aromatic rings. The lowest BCUT2D eigenvalue weighted by molar-refractivity contribution is -0.137. The number of rotatable bonds is 6. The van der Waals surface area contributed by atoms with Crippen molar-refractivity contribution in [1.82, 2.24) is 9.88 Å². The highest BCUT2D eigenvalue weighted by Gasteiger charge is 2.19. The first-order chi connectivity index (χ1) is 15.4. The molecule has 0 radical (unpaired) electrons. The van der Waals surface area contributed by atoms with E-state index in [0.717, 1.165) is 21.4 Å². The number of carboxylic acids is 1. The molecule has 0 aliphatic heterocycles. The molecule has 0 aliphatic rings. The van der Waals surface area contributed by atoms with Gasteiger partial charge in [0.05, 0.1) is 17.0 Å². The van der Waals surface area contributed by atoms with Crippen LogP contribution in [0.3, 0.4) is 0 Å². The van der Waals surface area contributed by atoms with Crippen molar-refractivity contribution in [1.29, 1.82) is 0 Å². The highest BCUT2D eigenvalue weighted by atomic mass is 16.4. The zero-order valence-corrected chi connectivity index (χ0v) is 17.3. The molecule has 1 amide bonds. The van der Waals surface area contributed by atoms with E-state index < -0.39 is 18.4 Å². The summed E-state index contributed by atoms with van der Waals surface area (Å²) in [5.74, 6) is -1.50. The Labute approximate surface area is 184 Å². The summed E-state index contributed by atoms with van der Waals surface area (Å²) in [6.07, 6.45) is 0. The molecular weight excluding hydrogens is 406 g/mol. The second kappa shape index (κ2) is 8.77. The third kappa shape index (κ3) is 4.22. The van der Waals surface area contributed by atoms with Crippen molar-refractivity contribution in [2.24, 2.45) is 4.99 Å². The number of aliphatic imine (C=N–C) groups is 1. The van der Waals surface area contributed by atoms with Crippen LogP contribution in [-0.2, 0) is 4.79 Å². The second-order valence-corrected chi connectivity index (χ2v) is 7.33. The standard InChI is InChI=1S/C25H21N3O4/c1-28(15-21(29)30)25(32)17-10-7-11-18(14-17)26-23(16-8-3-2-4-9-16)22-19-12-5-6-13-20(19)27-24(22)31/h2-14,27,31H,15H2,1H3,(H,29,30). The Kier molecular flexibility index (Phi) is 5.72. The van der Waals surface area contributed by atoms with Gasteiger partial charge in [0, 0.05) is 29.1 Å². The number of fused-ring (bicyclic) bond motifs is 1. The minimum absolute atomic E-state index is 0.00206. The van der Waals surface area contributed by atoms with Crippen LogP contribution < -0.4 is 0 Å². The minimum Gasteiger partial charge on any atom is -0.494 e. The van der Waals surface area contributed by atoms with Crippen molar-refractivity contribution in [2.75, 3.05) is 13.6 Å². The van der Waals surface area contributed by atoms with Gasteiger partial charge in [-0.3, -0.25) is 9.59 Å². The molecule has 7 heteroatoms. The van der Waals surface area contributed by atoms with Gasteiger partial charge in [0.1, 0.15) is 6.54 Å². The van der Waals surface area contributed by atoms with Crippen molar-refractivity contribution in [3.63, 3.8) is 0 Å². The van der Waals surface area contributed by atoms with Gasteiger partial charge in [0.25, 0.3) is 5.91 Å². The molecule has 4 rings (SSSR count). The number of nitrogens with one attached hydrogen (secondary N) is 1. The Hall–Kier alpha value is -4.39. The molecule has 0 saturated carbocycles. The molecule has 0 unspecified atom stereocenters. The molecule has 1 heterocycles. The molecule has 0 bridgehead atoms. The number of aromatic nitrogens is 1. The van der Waals surface area contributed by atoms with Gasteiger partial charge in [-0.05, 0) is 24.3 Å². The Morgan fingerprint density at radius 3 is 2.38 bits per heavy atom. The maximum absolute atomic E-state index is 12.6. The number of aromatic hydroxyl groups is 1. The number of aliphatic carboxylic acids is 1. The molecular formula is C25H21N3O4. The fourth-order valence-electron chi connectivity index (χ4n) is 3.56. The largest absolute Gasteiger partial charge is 0.494 e. The van der Waals surface area contributed by atoms with Gasteiger partial charge in [0.2, 0.25) is 0 Å².